The minimum Gasteiger partial charge on any atom is -0.481 e. The lowest BCUT2D eigenvalue weighted by Gasteiger charge is -2.16. The van der Waals surface area contributed by atoms with Crippen molar-refractivity contribution >= 4 is 29.6 Å². The van der Waals surface area contributed by atoms with Crippen molar-refractivity contribution in [3.63, 3.8) is 0 Å². The summed E-state index contributed by atoms with van der Waals surface area (Å²) in [6.45, 7) is 0. The van der Waals surface area contributed by atoms with Crippen LogP contribution in [0.2, 0.25) is 0 Å². The van der Waals surface area contributed by atoms with Crippen molar-refractivity contribution in [1.29, 1.82) is 0 Å². The lowest BCUT2D eigenvalue weighted by molar-refractivity contribution is -0.142. The van der Waals surface area contributed by atoms with Crippen molar-refractivity contribution in [2.24, 2.45) is 0 Å². The number of hydrogen-bond donors (Lipinski definition) is 3. The van der Waals surface area contributed by atoms with Gasteiger partial charge < -0.3 is 15.5 Å². The molecule has 0 bridgehead atoms. The molecule has 0 aliphatic carbocycles. The van der Waals surface area contributed by atoms with E-state index in [9.17, 15) is 14.4 Å². The van der Waals surface area contributed by atoms with Crippen LogP contribution in [0.15, 0.2) is 0 Å². The number of carboxylic acid groups (broad SMARTS) is 2. The van der Waals surface area contributed by atoms with E-state index < -0.39 is 18.0 Å². The lowest BCUT2D eigenvalue weighted by atomic mass is 10.1. The van der Waals surface area contributed by atoms with E-state index in [0.29, 0.717) is 0 Å². The van der Waals surface area contributed by atoms with Gasteiger partial charge in [0.15, 0.2) is 0 Å². The van der Waals surface area contributed by atoms with Crippen molar-refractivity contribution in [1.82, 2.24) is 5.32 Å². The number of carbonyl (C=O) groups excluding carboxylic acids is 1. The molecule has 0 aromatic carbocycles. The second-order valence-electron chi connectivity index (χ2n) is 4.19. The first kappa shape index (κ1) is 14.8. The Labute approximate surface area is 109 Å². The van der Waals surface area contributed by atoms with Gasteiger partial charge in [0.1, 0.15) is 6.04 Å². The van der Waals surface area contributed by atoms with Gasteiger partial charge in [-0.1, -0.05) is 0 Å². The number of nitrogens with one attached hydrogen (secondary N) is 1. The van der Waals surface area contributed by atoms with Crippen LogP contribution < -0.4 is 5.32 Å². The number of aliphatic carboxylic acids is 2. The maximum absolute atomic E-state index is 11.7. The summed E-state index contributed by atoms with van der Waals surface area (Å²) in [5.41, 5.74) is 0. The summed E-state index contributed by atoms with van der Waals surface area (Å²) in [5, 5.41) is 19.8. The van der Waals surface area contributed by atoms with Crippen LogP contribution in [0.5, 0.6) is 0 Å². The monoisotopic (exact) mass is 275 g/mol. The zero-order chi connectivity index (χ0) is 13.5. The smallest absolute Gasteiger partial charge is 0.326 e. The molecule has 3 N–H and O–H groups in total. The molecule has 18 heavy (non-hydrogen) atoms. The fourth-order valence-electron chi connectivity index (χ4n) is 1.76. The van der Waals surface area contributed by atoms with Crippen molar-refractivity contribution in [3.8, 4) is 0 Å². The molecule has 102 valence electrons. The van der Waals surface area contributed by atoms with Crippen LogP contribution in [0.3, 0.4) is 0 Å². The minimum absolute atomic E-state index is 0.0855. The predicted molar refractivity (Wildman–Crippen MR) is 66.5 cm³/mol. The van der Waals surface area contributed by atoms with Crippen LogP contribution in [0.25, 0.3) is 0 Å². The quantitative estimate of drug-likeness (QED) is 0.632. The molecular weight excluding hydrogens is 258 g/mol. The van der Waals surface area contributed by atoms with Crippen LogP contribution in [-0.4, -0.2) is 45.1 Å². The highest BCUT2D eigenvalue weighted by molar-refractivity contribution is 8.00. The first-order chi connectivity index (χ1) is 8.50. The molecule has 0 radical (unpaired) electrons. The number of rotatable bonds is 7. The van der Waals surface area contributed by atoms with Gasteiger partial charge in [0.2, 0.25) is 5.91 Å². The molecule has 2 atom stereocenters. The highest BCUT2D eigenvalue weighted by Gasteiger charge is 2.27. The van der Waals surface area contributed by atoms with Crippen molar-refractivity contribution in [2.75, 3.05) is 5.75 Å². The van der Waals surface area contributed by atoms with E-state index in [1.165, 1.54) is 11.8 Å². The Kier molecular flexibility index (Phi) is 5.97. The molecule has 1 heterocycles. The first-order valence-corrected chi connectivity index (χ1v) is 6.92. The fourth-order valence-corrected chi connectivity index (χ4v) is 2.93. The average molecular weight is 275 g/mol. The van der Waals surface area contributed by atoms with Gasteiger partial charge in [-0.25, -0.2) is 4.79 Å². The summed E-state index contributed by atoms with van der Waals surface area (Å²) in [4.78, 5) is 33.0. The number of hydrogen-bond acceptors (Lipinski definition) is 4. The van der Waals surface area contributed by atoms with E-state index in [0.717, 1.165) is 18.6 Å². The minimum atomic E-state index is -1.11. The van der Waals surface area contributed by atoms with Gasteiger partial charge in [0, 0.05) is 6.42 Å². The van der Waals surface area contributed by atoms with E-state index in [4.69, 9.17) is 10.2 Å². The summed E-state index contributed by atoms with van der Waals surface area (Å²) in [6.07, 6.45) is 2.05. The van der Waals surface area contributed by atoms with Crippen LogP contribution in [0.1, 0.15) is 32.1 Å². The van der Waals surface area contributed by atoms with E-state index in [1.54, 1.807) is 0 Å². The predicted octanol–water partition coefficient (Wildman–Crippen LogP) is 0.706. The number of carbonyl (C=O) groups is 3. The van der Waals surface area contributed by atoms with Crippen LogP contribution in [0, 0.1) is 0 Å². The largest absolute Gasteiger partial charge is 0.481 e. The normalized spacial score (nSPS) is 20.3. The highest BCUT2D eigenvalue weighted by Crippen LogP contribution is 2.26. The van der Waals surface area contributed by atoms with E-state index >= 15 is 0 Å². The van der Waals surface area contributed by atoms with E-state index in [-0.39, 0.29) is 30.4 Å². The third-order valence-electron chi connectivity index (χ3n) is 2.72. The Bertz CT molecular complexity index is 327. The molecule has 7 heteroatoms. The molecule has 1 rings (SSSR count). The lowest BCUT2D eigenvalue weighted by Crippen LogP contribution is -2.44. The average Bonchev–Trinajstić information content (AvgIpc) is 2.80. The zero-order valence-electron chi connectivity index (χ0n) is 9.92. The molecule has 1 fully saturated rings. The van der Waals surface area contributed by atoms with Gasteiger partial charge in [-0.2, -0.15) is 0 Å². The molecule has 1 saturated heterocycles. The second-order valence-corrected chi connectivity index (χ2v) is 5.50. The summed E-state index contributed by atoms with van der Waals surface area (Å²) < 4.78 is 0. The summed E-state index contributed by atoms with van der Waals surface area (Å²) in [6, 6.07) is -0.988. The molecule has 0 saturated carbocycles. The summed E-state index contributed by atoms with van der Waals surface area (Å²) in [7, 11) is 0. The summed E-state index contributed by atoms with van der Waals surface area (Å²) in [5.74, 6) is -1.40. The molecule has 1 unspecified atom stereocenters. The van der Waals surface area contributed by atoms with Gasteiger partial charge in [-0.05, 0) is 31.4 Å². The van der Waals surface area contributed by atoms with Crippen LogP contribution in [0.4, 0.5) is 0 Å². The summed E-state index contributed by atoms with van der Waals surface area (Å²) >= 11 is 1.53. The molecule has 0 aromatic heterocycles. The van der Waals surface area contributed by atoms with Gasteiger partial charge in [-0.3, -0.25) is 9.59 Å². The third-order valence-corrected chi connectivity index (χ3v) is 4.10. The van der Waals surface area contributed by atoms with Crippen LogP contribution >= 0.6 is 11.8 Å². The fraction of sp³-hybridized carbons (Fsp3) is 0.727. The Hall–Kier alpha value is -1.24. The number of thioether (sulfide) groups is 1. The maximum Gasteiger partial charge on any atom is 0.326 e. The van der Waals surface area contributed by atoms with E-state index in [2.05, 4.69) is 5.32 Å². The topological polar surface area (TPSA) is 104 Å². The van der Waals surface area contributed by atoms with E-state index in [1.807, 2.05) is 0 Å². The number of carboxylic acids is 2. The third kappa shape index (κ3) is 4.95. The van der Waals surface area contributed by atoms with Gasteiger partial charge >= 0.3 is 11.9 Å². The molecule has 0 aromatic rings. The van der Waals surface area contributed by atoms with Crippen molar-refractivity contribution in [2.45, 2.75) is 43.4 Å². The molecule has 1 aliphatic rings. The molecule has 1 amide bonds. The second kappa shape index (κ2) is 7.25. The van der Waals surface area contributed by atoms with Crippen molar-refractivity contribution in [3.05, 3.63) is 0 Å². The number of amides is 1. The molecular formula is C11H17NO5S. The standard InChI is InChI=1S/C11H17NO5S/c13-9(14)5-1-3-7(11(16)17)12-10(15)8-4-2-6-18-8/h7-8H,1-6H2,(H,12,15)(H,13,14)(H,16,17)/t7-,8?/m1/s1. The van der Waals surface area contributed by atoms with Gasteiger partial charge in [0.25, 0.3) is 0 Å². The maximum atomic E-state index is 11.7. The Morgan fingerprint density at radius 2 is 2.06 bits per heavy atom. The SMILES string of the molecule is O=C(O)CCC[C@@H](NC(=O)C1CCCS1)C(=O)O. The van der Waals surface area contributed by atoms with Crippen molar-refractivity contribution < 1.29 is 24.6 Å². The Morgan fingerprint density at radius 3 is 2.56 bits per heavy atom. The van der Waals surface area contributed by atoms with Gasteiger partial charge in [-0.15, -0.1) is 11.8 Å². The molecule has 6 nitrogen and oxygen atoms in total. The molecule has 1 aliphatic heterocycles. The van der Waals surface area contributed by atoms with Crippen LogP contribution in [-0.2, 0) is 14.4 Å². The zero-order valence-corrected chi connectivity index (χ0v) is 10.7. The first-order valence-electron chi connectivity index (χ1n) is 5.87. The Balaban J connectivity index is 2.39. The molecule has 0 spiro atoms. The van der Waals surface area contributed by atoms with Gasteiger partial charge in [0.05, 0.1) is 5.25 Å². The Morgan fingerprint density at radius 1 is 1.33 bits per heavy atom. The highest BCUT2D eigenvalue weighted by atomic mass is 32.2.